The third-order valence-corrected chi connectivity index (χ3v) is 3.97. The van der Waals surface area contributed by atoms with Gasteiger partial charge in [-0.1, -0.05) is 22.6 Å². The van der Waals surface area contributed by atoms with E-state index < -0.39 is 0 Å². The zero-order chi connectivity index (χ0) is 8.60. The Morgan fingerprint density at radius 1 is 1.33 bits per heavy atom. The second kappa shape index (κ2) is 3.42. The molecule has 3 heteroatoms. The van der Waals surface area contributed by atoms with Crippen molar-refractivity contribution in [2.75, 3.05) is 26.3 Å². The van der Waals surface area contributed by atoms with Crippen molar-refractivity contribution in [2.45, 2.75) is 23.8 Å². The van der Waals surface area contributed by atoms with Crippen LogP contribution in [-0.4, -0.2) is 35.3 Å². The van der Waals surface area contributed by atoms with E-state index in [9.17, 15) is 0 Å². The van der Waals surface area contributed by atoms with Gasteiger partial charge in [0.2, 0.25) is 0 Å². The van der Waals surface area contributed by atoms with E-state index in [0.717, 1.165) is 13.2 Å². The molecule has 2 rings (SSSR count). The number of hydrogen-bond donors (Lipinski definition) is 0. The molecule has 1 unspecified atom stereocenters. The summed E-state index contributed by atoms with van der Waals surface area (Å²) in [4.78, 5) is 2.56. The molecule has 0 saturated carbocycles. The quantitative estimate of drug-likeness (QED) is 0.413. The van der Waals surface area contributed by atoms with E-state index in [-0.39, 0.29) is 0 Å². The van der Waals surface area contributed by atoms with Crippen molar-refractivity contribution in [3.63, 3.8) is 0 Å². The highest BCUT2D eigenvalue weighted by molar-refractivity contribution is 14.1. The molecule has 0 aromatic heterocycles. The molecule has 1 spiro atoms. The maximum Gasteiger partial charge on any atom is 0.0589 e. The van der Waals surface area contributed by atoms with Gasteiger partial charge in [0.25, 0.3) is 0 Å². The fraction of sp³-hybridized carbons (Fsp3) is 1.00. The van der Waals surface area contributed by atoms with Gasteiger partial charge in [-0.2, -0.15) is 0 Å². The van der Waals surface area contributed by atoms with Gasteiger partial charge in [-0.05, 0) is 32.9 Å². The summed E-state index contributed by atoms with van der Waals surface area (Å²) in [5, 5.41) is 0. The second-order valence-electron chi connectivity index (χ2n) is 4.10. The van der Waals surface area contributed by atoms with Gasteiger partial charge in [0.15, 0.2) is 0 Å². The van der Waals surface area contributed by atoms with Gasteiger partial charge in [0, 0.05) is 5.41 Å². The van der Waals surface area contributed by atoms with Gasteiger partial charge in [-0.15, -0.1) is 0 Å². The van der Waals surface area contributed by atoms with Crippen LogP contribution >= 0.6 is 22.6 Å². The average molecular weight is 281 g/mol. The molecule has 0 N–H and O–H groups in total. The average Bonchev–Trinajstić information content (AvgIpc) is 2.02. The SMILES string of the molecule is CC(I)N1CCC2(CC1)COC2. The molecule has 0 aliphatic carbocycles. The van der Waals surface area contributed by atoms with Crippen molar-refractivity contribution in [1.82, 2.24) is 4.90 Å². The van der Waals surface area contributed by atoms with Crippen LogP contribution in [0.1, 0.15) is 19.8 Å². The van der Waals surface area contributed by atoms with Crippen LogP contribution in [0.2, 0.25) is 0 Å². The van der Waals surface area contributed by atoms with Gasteiger partial charge >= 0.3 is 0 Å². The fourth-order valence-corrected chi connectivity index (χ4v) is 2.59. The van der Waals surface area contributed by atoms with Crippen LogP contribution in [0.4, 0.5) is 0 Å². The third kappa shape index (κ3) is 1.63. The van der Waals surface area contributed by atoms with Crippen molar-refractivity contribution >= 4 is 22.6 Å². The molecule has 2 fully saturated rings. The molecule has 2 aliphatic rings. The van der Waals surface area contributed by atoms with Crippen LogP contribution in [0.5, 0.6) is 0 Å². The van der Waals surface area contributed by atoms with Gasteiger partial charge in [-0.3, -0.25) is 4.90 Å². The molecule has 0 aromatic rings. The maximum atomic E-state index is 5.29. The summed E-state index contributed by atoms with van der Waals surface area (Å²) >= 11 is 2.50. The van der Waals surface area contributed by atoms with Crippen molar-refractivity contribution in [2.24, 2.45) is 5.41 Å². The van der Waals surface area contributed by atoms with Crippen LogP contribution in [0.25, 0.3) is 0 Å². The highest BCUT2D eigenvalue weighted by Crippen LogP contribution is 2.39. The van der Waals surface area contributed by atoms with Gasteiger partial charge in [-0.25, -0.2) is 0 Å². The highest BCUT2D eigenvalue weighted by Gasteiger charge is 2.41. The zero-order valence-electron chi connectivity index (χ0n) is 7.55. The van der Waals surface area contributed by atoms with Crippen LogP contribution in [0.15, 0.2) is 0 Å². The Balaban J connectivity index is 1.84. The number of halogens is 1. The standard InChI is InChI=1S/C9H16INO/c1-8(10)11-4-2-9(3-5-11)6-12-7-9/h8H,2-7H2,1H3. The maximum absolute atomic E-state index is 5.29. The molecule has 0 amide bonds. The molecule has 12 heavy (non-hydrogen) atoms. The van der Waals surface area contributed by atoms with Crippen LogP contribution < -0.4 is 0 Å². The topological polar surface area (TPSA) is 12.5 Å². The van der Waals surface area contributed by atoms with E-state index in [1.54, 1.807) is 0 Å². The van der Waals surface area contributed by atoms with Crippen LogP contribution in [0, 0.1) is 5.41 Å². The van der Waals surface area contributed by atoms with E-state index in [4.69, 9.17) is 4.74 Å². The molecule has 1 atom stereocenters. The van der Waals surface area contributed by atoms with E-state index in [2.05, 4.69) is 34.4 Å². The molecule has 0 radical (unpaired) electrons. The number of nitrogens with zero attached hydrogens (tertiary/aromatic N) is 1. The molecular formula is C9H16INO. The van der Waals surface area contributed by atoms with Crippen molar-refractivity contribution in [3.8, 4) is 0 Å². The molecule has 0 aromatic carbocycles. The molecule has 2 saturated heterocycles. The molecule has 0 bridgehead atoms. The normalized spacial score (nSPS) is 31.5. The lowest BCUT2D eigenvalue weighted by Crippen LogP contribution is -2.51. The Morgan fingerprint density at radius 3 is 2.25 bits per heavy atom. The molecule has 2 heterocycles. The first-order valence-electron chi connectivity index (χ1n) is 4.68. The van der Waals surface area contributed by atoms with Gasteiger partial charge in [0.05, 0.1) is 17.3 Å². The van der Waals surface area contributed by atoms with E-state index >= 15 is 0 Å². The third-order valence-electron chi connectivity index (χ3n) is 3.18. The Labute approximate surface area is 87.8 Å². The predicted molar refractivity (Wildman–Crippen MR) is 57.5 cm³/mol. The number of ether oxygens (including phenoxy) is 1. The molecule has 70 valence electrons. The van der Waals surface area contributed by atoms with Crippen LogP contribution in [-0.2, 0) is 4.74 Å². The lowest BCUT2D eigenvalue weighted by atomic mass is 9.77. The zero-order valence-corrected chi connectivity index (χ0v) is 9.71. The minimum atomic E-state index is 0.599. The Morgan fingerprint density at radius 2 is 1.92 bits per heavy atom. The van der Waals surface area contributed by atoms with Crippen LogP contribution in [0.3, 0.4) is 0 Å². The minimum Gasteiger partial charge on any atom is -0.380 e. The monoisotopic (exact) mass is 281 g/mol. The first-order valence-corrected chi connectivity index (χ1v) is 5.92. The Bertz CT molecular complexity index is 158. The Kier molecular flexibility index (Phi) is 2.63. The summed E-state index contributed by atoms with van der Waals surface area (Å²) in [6, 6.07) is 0. The molecule has 2 aliphatic heterocycles. The number of alkyl halides is 1. The summed E-state index contributed by atoms with van der Waals surface area (Å²) in [6.45, 7) is 6.86. The molecular weight excluding hydrogens is 265 g/mol. The smallest absolute Gasteiger partial charge is 0.0589 e. The Hall–Kier alpha value is 0.650. The lowest BCUT2D eigenvalue weighted by Gasteiger charge is -2.47. The summed E-state index contributed by atoms with van der Waals surface area (Å²) in [6.07, 6.45) is 2.70. The van der Waals surface area contributed by atoms with Crippen molar-refractivity contribution in [3.05, 3.63) is 0 Å². The van der Waals surface area contributed by atoms with E-state index in [0.29, 0.717) is 9.46 Å². The van der Waals surface area contributed by atoms with Gasteiger partial charge in [0.1, 0.15) is 0 Å². The minimum absolute atomic E-state index is 0.599. The summed E-state index contributed by atoms with van der Waals surface area (Å²) in [7, 11) is 0. The number of hydrogen-bond acceptors (Lipinski definition) is 2. The largest absolute Gasteiger partial charge is 0.380 e. The lowest BCUT2D eigenvalue weighted by molar-refractivity contribution is -0.139. The molecule has 2 nitrogen and oxygen atoms in total. The first-order chi connectivity index (χ1) is 5.72. The second-order valence-corrected chi connectivity index (χ2v) is 5.91. The summed E-state index contributed by atoms with van der Waals surface area (Å²) in [5.74, 6) is 0. The summed E-state index contributed by atoms with van der Waals surface area (Å²) in [5.41, 5.74) is 0.599. The van der Waals surface area contributed by atoms with Crippen molar-refractivity contribution < 1.29 is 4.74 Å². The van der Waals surface area contributed by atoms with E-state index in [1.807, 2.05) is 0 Å². The predicted octanol–water partition coefficient (Wildman–Crippen LogP) is 1.88. The first kappa shape index (κ1) is 9.21. The van der Waals surface area contributed by atoms with E-state index in [1.165, 1.54) is 25.9 Å². The fourth-order valence-electron chi connectivity index (χ4n) is 2.03. The summed E-state index contributed by atoms with van der Waals surface area (Å²) < 4.78 is 5.99. The van der Waals surface area contributed by atoms with Crippen molar-refractivity contribution in [1.29, 1.82) is 0 Å². The highest BCUT2D eigenvalue weighted by atomic mass is 127. The number of rotatable bonds is 1. The number of piperidine rings is 1. The number of likely N-dealkylation sites (tertiary alicyclic amines) is 1. The van der Waals surface area contributed by atoms with Gasteiger partial charge < -0.3 is 4.74 Å².